The second kappa shape index (κ2) is 4.72. The van der Waals surface area contributed by atoms with Crippen LogP contribution in [0.25, 0.3) is 0 Å². The van der Waals surface area contributed by atoms with Crippen LogP contribution in [0, 0.1) is 12.8 Å². The molecule has 0 amide bonds. The summed E-state index contributed by atoms with van der Waals surface area (Å²) >= 11 is 3.55. The number of anilines is 1. The van der Waals surface area contributed by atoms with Crippen molar-refractivity contribution in [2.24, 2.45) is 5.92 Å². The fourth-order valence-corrected chi connectivity index (χ4v) is 2.85. The number of halogens is 1. The fraction of sp³-hybridized carbons (Fsp3) is 0.583. The Hall–Kier alpha value is -0.610. The lowest BCUT2D eigenvalue weighted by atomic mass is 10.0. The van der Waals surface area contributed by atoms with E-state index in [2.05, 4.69) is 31.9 Å². The number of aliphatic hydroxyl groups is 1. The van der Waals surface area contributed by atoms with Crippen molar-refractivity contribution < 1.29 is 5.11 Å². The standard InChI is InChI=1S/C12H17BrN2O/c1-8-5-11(13)12(14-6-8)15-4-3-10(7-15)9(2)16/h5-6,9-10,16H,3-4,7H2,1-2H3. The molecule has 1 aliphatic heterocycles. The topological polar surface area (TPSA) is 36.4 Å². The van der Waals surface area contributed by atoms with Gasteiger partial charge < -0.3 is 10.0 Å². The smallest absolute Gasteiger partial charge is 0.142 e. The number of hydrogen-bond acceptors (Lipinski definition) is 3. The first kappa shape index (κ1) is 11.9. The molecule has 0 aromatic carbocycles. The summed E-state index contributed by atoms with van der Waals surface area (Å²) in [6, 6.07) is 2.08. The number of rotatable bonds is 2. The highest BCUT2D eigenvalue weighted by molar-refractivity contribution is 9.10. The van der Waals surface area contributed by atoms with E-state index in [1.807, 2.05) is 20.0 Å². The molecule has 88 valence electrons. The van der Waals surface area contributed by atoms with E-state index >= 15 is 0 Å². The van der Waals surface area contributed by atoms with Crippen LogP contribution >= 0.6 is 15.9 Å². The fourth-order valence-electron chi connectivity index (χ4n) is 2.13. The minimum Gasteiger partial charge on any atom is -0.393 e. The number of nitrogens with zero attached hydrogens (tertiary/aromatic N) is 2. The van der Waals surface area contributed by atoms with Crippen LogP contribution in [-0.4, -0.2) is 29.3 Å². The van der Waals surface area contributed by atoms with Crippen LogP contribution in [0.15, 0.2) is 16.7 Å². The molecule has 3 nitrogen and oxygen atoms in total. The Morgan fingerprint density at radius 1 is 1.62 bits per heavy atom. The molecule has 1 saturated heterocycles. The third-order valence-corrected chi connectivity index (χ3v) is 3.75. The van der Waals surface area contributed by atoms with Crippen LogP contribution in [0.4, 0.5) is 5.82 Å². The molecule has 1 aromatic rings. The molecule has 2 unspecified atom stereocenters. The molecule has 1 aromatic heterocycles. The highest BCUT2D eigenvalue weighted by Gasteiger charge is 2.27. The van der Waals surface area contributed by atoms with E-state index in [-0.39, 0.29) is 6.10 Å². The van der Waals surface area contributed by atoms with Gasteiger partial charge in [-0.1, -0.05) is 0 Å². The van der Waals surface area contributed by atoms with Crippen LogP contribution in [0.5, 0.6) is 0 Å². The number of pyridine rings is 1. The Kier molecular flexibility index (Phi) is 3.50. The Morgan fingerprint density at radius 3 is 2.94 bits per heavy atom. The van der Waals surface area contributed by atoms with Gasteiger partial charge in [0.2, 0.25) is 0 Å². The van der Waals surface area contributed by atoms with E-state index in [1.54, 1.807) is 0 Å². The minimum atomic E-state index is -0.228. The van der Waals surface area contributed by atoms with Crippen molar-refractivity contribution in [3.05, 3.63) is 22.3 Å². The van der Waals surface area contributed by atoms with Gasteiger partial charge >= 0.3 is 0 Å². The van der Waals surface area contributed by atoms with Gasteiger partial charge in [-0.05, 0) is 47.8 Å². The summed E-state index contributed by atoms with van der Waals surface area (Å²) in [5, 5.41) is 9.57. The highest BCUT2D eigenvalue weighted by Crippen LogP contribution is 2.30. The maximum Gasteiger partial charge on any atom is 0.142 e. The number of aliphatic hydroxyl groups excluding tert-OH is 1. The zero-order valence-electron chi connectivity index (χ0n) is 9.65. The van der Waals surface area contributed by atoms with Gasteiger partial charge in [0.25, 0.3) is 0 Å². The number of hydrogen-bond donors (Lipinski definition) is 1. The molecule has 0 spiro atoms. The van der Waals surface area contributed by atoms with E-state index < -0.39 is 0 Å². The molecule has 0 aliphatic carbocycles. The summed E-state index contributed by atoms with van der Waals surface area (Å²) in [4.78, 5) is 6.69. The second-order valence-corrected chi connectivity index (χ2v) is 5.41. The molecule has 2 atom stereocenters. The van der Waals surface area contributed by atoms with Crippen LogP contribution in [0.2, 0.25) is 0 Å². The van der Waals surface area contributed by atoms with Gasteiger partial charge in [-0.15, -0.1) is 0 Å². The summed E-state index contributed by atoms with van der Waals surface area (Å²) in [6.45, 7) is 5.77. The maximum absolute atomic E-state index is 9.57. The lowest BCUT2D eigenvalue weighted by Gasteiger charge is -2.20. The van der Waals surface area contributed by atoms with Crippen molar-refractivity contribution in [2.45, 2.75) is 26.4 Å². The summed E-state index contributed by atoms with van der Waals surface area (Å²) in [7, 11) is 0. The largest absolute Gasteiger partial charge is 0.393 e. The molecule has 0 bridgehead atoms. The first-order chi connectivity index (χ1) is 7.58. The normalized spacial score (nSPS) is 22.5. The Balaban J connectivity index is 2.14. The van der Waals surface area contributed by atoms with Crippen LogP contribution < -0.4 is 4.90 Å². The molecule has 0 saturated carbocycles. The van der Waals surface area contributed by atoms with Crippen LogP contribution in [0.1, 0.15) is 18.9 Å². The van der Waals surface area contributed by atoms with E-state index in [0.717, 1.165) is 35.4 Å². The molecule has 1 N–H and O–H groups in total. The van der Waals surface area contributed by atoms with Gasteiger partial charge in [-0.25, -0.2) is 4.98 Å². The predicted molar refractivity (Wildman–Crippen MR) is 68.7 cm³/mol. The number of aryl methyl sites for hydroxylation is 1. The van der Waals surface area contributed by atoms with Crippen molar-refractivity contribution in [2.75, 3.05) is 18.0 Å². The molecule has 1 fully saturated rings. The lowest BCUT2D eigenvalue weighted by molar-refractivity contribution is 0.136. The third kappa shape index (κ3) is 2.38. The third-order valence-electron chi connectivity index (χ3n) is 3.16. The van der Waals surface area contributed by atoms with Gasteiger partial charge in [-0.3, -0.25) is 0 Å². The monoisotopic (exact) mass is 284 g/mol. The predicted octanol–water partition coefficient (Wildman–Crippen LogP) is 2.36. The Bertz CT molecular complexity index is 381. The zero-order valence-corrected chi connectivity index (χ0v) is 11.2. The average molecular weight is 285 g/mol. The summed E-state index contributed by atoms with van der Waals surface area (Å²) in [5.41, 5.74) is 1.15. The molecule has 4 heteroatoms. The van der Waals surface area contributed by atoms with Gasteiger partial charge in [0.05, 0.1) is 10.6 Å². The average Bonchev–Trinajstić information content (AvgIpc) is 2.66. The summed E-state index contributed by atoms with van der Waals surface area (Å²) in [6.07, 6.45) is 2.70. The first-order valence-corrected chi connectivity index (χ1v) is 6.42. The Labute approximate surface area is 105 Å². The second-order valence-electron chi connectivity index (χ2n) is 4.55. The highest BCUT2D eigenvalue weighted by atomic mass is 79.9. The van der Waals surface area contributed by atoms with Crippen molar-refractivity contribution in [3.8, 4) is 0 Å². The van der Waals surface area contributed by atoms with E-state index in [0.29, 0.717) is 5.92 Å². The Morgan fingerprint density at radius 2 is 2.38 bits per heavy atom. The van der Waals surface area contributed by atoms with Gasteiger partial charge in [0.1, 0.15) is 5.82 Å². The molecule has 16 heavy (non-hydrogen) atoms. The molecule has 0 radical (unpaired) electrons. The molecule has 2 heterocycles. The summed E-state index contributed by atoms with van der Waals surface area (Å²) in [5.74, 6) is 1.36. The zero-order chi connectivity index (χ0) is 11.7. The van der Waals surface area contributed by atoms with Crippen molar-refractivity contribution in [1.82, 2.24) is 4.98 Å². The molecule has 1 aliphatic rings. The van der Waals surface area contributed by atoms with Crippen molar-refractivity contribution in [3.63, 3.8) is 0 Å². The first-order valence-electron chi connectivity index (χ1n) is 5.63. The minimum absolute atomic E-state index is 0.228. The van der Waals surface area contributed by atoms with Gasteiger partial charge in [0, 0.05) is 25.2 Å². The lowest BCUT2D eigenvalue weighted by Crippen LogP contribution is -2.24. The van der Waals surface area contributed by atoms with Crippen LogP contribution in [0.3, 0.4) is 0 Å². The quantitative estimate of drug-likeness (QED) is 0.906. The van der Waals surface area contributed by atoms with E-state index in [4.69, 9.17) is 0 Å². The van der Waals surface area contributed by atoms with Gasteiger partial charge in [-0.2, -0.15) is 0 Å². The van der Waals surface area contributed by atoms with E-state index in [1.165, 1.54) is 0 Å². The number of aromatic nitrogens is 1. The van der Waals surface area contributed by atoms with Crippen molar-refractivity contribution in [1.29, 1.82) is 0 Å². The molecular weight excluding hydrogens is 268 g/mol. The van der Waals surface area contributed by atoms with E-state index in [9.17, 15) is 5.11 Å². The summed E-state index contributed by atoms with van der Waals surface area (Å²) < 4.78 is 1.04. The van der Waals surface area contributed by atoms with Crippen molar-refractivity contribution >= 4 is 21.7 Å². The molecular formula is C12H17BrN2O. The van der Waals surface area contributed by atoms with Crippen LogP contribution in [-0.2, 0) is 0 Å². The maximum atomic E-state index is 9.57. The van der Waals surface area contributed by atoms with Gasteiger partial charge in [0.15, 0.2) is 0 Å². The SMILES string of the molecule is Cc1cnc(N2CCC(C(C)O)C2)c(Br)c1. The molecule has 2 rings (SSSR count).